The molecule has 5 nitrogen and oxygen atoms in total. The van der Waals surface area contributed by atoms with Crippen LogP contribution in [0, 0.1) is 0 Å². The molecular weight excluding hydrogens is 264 g/mol. The van der Waals surface area contributed by atoms with Crippen molar-refractivity contribution in [1.29, 1.82) is 0 Å². The minimum atomic E-state index is 0.256. The Bertz CT molecular complexity index is 512. The molecule has 0 unspecified atom stereocenters. The summed E-state index contributed by atoms with van der Waals surface area (Å²) in [6.07, 6.45) is 0. The van der Waals surface area contributed by atoms with E-state index in [1.54, 1.807) is 0 Å². The summed E-state index contributed by atoms with van der Waals surface area (Å²) < 4.78 is 15.9. The number of rotatable bonds is 1. The predicted octanol–water partition coefficient (Wildman–Crippen LogP) is 2.23. The van der Waals surface area contributed by atoms with Crippen molar-refractivity contribution in [3.05, 3.63) is 22.9 Å². The first kappa shape index (κ1) is 8.72. The molecule has 0 radical (unpaired) electrons. The monoisotopic (exact) mass is 268 g/mol. The lowest BCUT2D eigenvalue weighted by atomic mass is 10.2. The molecule has 6 heteroatoms. The van der Waals surface area contributed by atoms with Crippen molar-refractivity contribution < 1.29 is 14.0 Å². The zero-order valence-electron chi connectivity index (χ0n) is 7.44. The van der Waals surface area contributed by atoms with Crippen LogP contribution in [0.15, 0.2) is 27.5 Å². The van der Waals surface area contributed by atoms with E-state index in [1.165, 1.54) is 0 Å². The van der Waals surface area contributed by atoms with Gasteiger partial charge >= 0.3 is 0 Å². The highest BCUT2D eigenvalue weighted by Crippen LogP contribution is 2.35. The molecule has 1 aromatic carbocycles. The van der Waals surface area contributed by atoms with Crippen molar-refractivity contribution in [2.75, 3.05) is 6.79 Å². The van der Waals surface area contributed by atoms with Crippen molar-refractivity contribution >= 4 is 15.9 Å². The van der Waals surface area contributed by atoms with Crippen LogP contribution in [0.25, 0.3) is 11.5 Å². The van der Waals surface area contributed by atoms with Crippen LogP contribution in [0.1, 0.15) is 0 Å². The summed E-state index contributed by atoms with van der Waals surface area (Å²) in [4.78, 5) is 4.05. The summed E-state index contributed by atoms with van der Waals surface area (Å²) in [6.45, 7) is 0.256. The number of halogens is 1. The summed E-state index contributed by atoms with van der Waals surface area (Å²) in [7, 11) is 0. The molecule has 0 saturated heterocycles. The van der Waals surface area contributed by atoms with Gasteiger partial charge in [-0.3, -0.25) is 0 Å². The van der Waals surface area contributed by atoms with Crippen LogP contribution in [-0.2, 0) is 0 Å². The zero-order chi connectivity index (χ0) is 10.3. The van der Waals surface area contributed by atoms with Gasteiger partial charge in [0.25, 0.3) is 5.89 Å². The average molecular weight is 269 g/mol. The van der Waals surface area contributed by atoms with E-state index in [2.05, 4.69) is 26.1 Å². The first-order valence-electron chi connectivity index (χ1n) is 4.22. The van der Waals surface area contributed by atoms with Gasteiger partial charge < -0.3 is 14.0 Å². The van der Waals surface area contributed by atoms with Gasteiger partial charge in [-0.05, 0) is 39.3 Å². The summed E-state index contributed by atoms with van der Waals surface area (Å²) in [5, 5.41) is 3.65. The number of fused-ring (bicyclic) bond motifs is 1. The SMILES string of the molecule is Brc1noc(-c2ccc3c(c2)OCO3)n1. The lowest BCUT2D eigenvalue weighted by molar-refractivity contribution is 0.174. The van der Waals surface area contributed by atoms with Crippen LogP contribution in [0.3, 0.4) is 0 Å². The highest BCUT2D eigenvalue weighted by Gasteiger charge is 2.16. The second kappa shape index (κ2) is 3.23. The fourth-order valence-corrected chi connectivity index (χ4v) is 1.59. The van der Waals surface area contributed by atoms with E-state index in [0.717, 1.165) is 11.3 Å². The molecule has 0 atom stereocenters. The normalized spacial score (nSPS) is 13.1. The summed E-state index contributed by atoms with van der Waals surface area (Å²) in [5.41, 5.74) is 0.803. The van der Waals surface area contributed by atoms with Crippen LogP contribution < -0.4 is 9.47 Å². The Labute approximate surface area is 93.1 Å². The van der Waals surface area contributed by atoms with Crippen LogP contribution in [0.2, 0.25) is 0 Å². The molecule has 1 aromatic heterocycles. The van der Waals surface area contributed by atoms with Gasteiger partial charge in [-0.25, -0.2) is 0 Å². The molecule has 3 rings (SSSR count). The molecule has 0 amide bonds. The smallest absolute Gasteiger partial charge is 0.258 e. The zero-order valence-corrected chi connectivity index (χ0v) is 9.02. The fourth-order valence-electron chi connectivity index (χ4n) is 1.35. The Balaban J connectivity index is 2.06. The summed E-state index contributed by atoms with van der Waals surface area (Å²) in [5.74, 6) is 1.87. The van der Waals surface area contributed by atoms with Gasteiger partial charge in [0.2, 0.25) is 11.5 Å². The number of hydrogen-bond donors (Lipinski definition) is 0. The molecule has 1 aliphatic heterocycles. The van der Waals surface area contributed by atoms with Crippen molar-refractivity contribution in [2.24, 2.45) is 0 Å². The predicted molar refractivity (Wildman–Crippen MR) is 53.6 cm³/mol. The van der Waals surface area contributed by atoms with Gasteiger partial charge in [0.05, 0.1) is 0 Å². The van der Waals surface area contributed by atoms with E-state index in [0.29, 0.717) is 16.4 Å². The fraction of sp³-hybridized carbons (Fsp3) is 0.111. The maximum atomic E-state index is 5.24. The maximum absolute atomic E-state index is 5.24. The molecule has 0 N–H and O–H groups in total. The third kappa shape index (κ3) is 1.46. The van der Waals surface area contributed by atoms with Crippen molar-refractivity contribution in [3.63, 3.8) is 0 Å². The first-order valence-corrected chi connectivity index (χ1v) is 5.01. The molecular formula is C9H5BrN2O3. The summed E-state index contributed by atoms with van der Waals surface area (Å²) >= 11 is 3.12. The topological polar surface area (TPSA) is 57.4 Å². The first-order chi connectivity index (χ1) is 7.33. The molecule has 0 bridgehead atoms. The number of ether oxygens (including phenoxy) is 2. The Kier molecular flexibility index (Phi) is 1.88. The van der Waals surface area contributed by atoms with E-state index < -0.39 is 0 Å². The van der Waals surface area contributed by atoms with Crippen LogP contribution in [-0.4, -0.2) is 16.9 Å². The highest BCUT2D eigenvalue weighted by atomic mass is 79.9. The Hall–Kier alpha value is -1.56. The minimum Gasteiger partial charge on any atom is -0.454 e. The van der Waals surface area contributed by atoms with Crippen LogP contribution in [0.5, 0.6) is 11.5 Å². The van der Waals surface area contributed by atoms with E-state index in [-0.39, 0.29) is 6.79 Å². The molecule has 0 aliphatic carbocycles. The highest BCUT2D eigenvalue weighted by molar-refractivity contribution is 9.10. The molecule has 76 valence electrons. The van der Waals surface area contributed by atoms with Crippen LogP contribution in [0.4, 0.5) is 0 Å². The van der Waals surface area contributed by atoms with Gasteiger partial charge in [0, 0.05) is 5.56 Å². The third-order valence-corrected chi connectivity index (χ3v) is 2.34. The molecule has 2 aromatic rings. The van der Waals surface area contributed by atoms with Gasteiger partial charge in [0.15, 0.2) is 11.5 Å². The third-order valence-electron chi connectivity index (χ3n) is 2.02. The lowest BCUT2D eigenvalue weighted by Gasteiger charge is -1.97. The Morgan fingerprint density at radius 2 is 2.07 bits per heavy atom. The summed E-state index contributed by atoms with van der Waals surface area (Å²) in [6, 6.07) is 5.46. The second-order valence-electron chi connectivity index (χ2n) is 2.94. The van der Waals surface area contributed by atoms with Gasteiger partial charge in [-0.2, -0.15) is 4.98 Å². The number of aromatic nitrogens is 2. The Morgan fingerprint density at radius 1 is 1.20 bits per heavy atom. The standard InChI is InChI=1S/C9H5BrN2O3/c10-9-11-8(15-12-9)5-1-2-6-7(3-5)14-4-13-6/h1-3H,4H2. The largest absolute Gasteiger partial charge is 0.454 e. The maximum Gasteiger partial charge on any atom is 0.258 e. The number of hydrogen-bond acceptors (Lipinski definition) is 5. The van der Waals surface area contributed by atoms with E-state index >= 15 is 0 Å². The van der Waals surface area contributed by atoms with Gasteiger partial charge in [0.1, 0.15) is 0 Å². The quantitative estimate of drug-likeness (QED) is 0.794. The van der Waals surface area contributed by atoms with E-state index in [9.17, 15) is 0 Å². The number of benzene rings is 1. The van der Waals surface area contributed by atoms with Crippen LogP contribution >= 0.6 is 15.9 Å². The van der Waals surface area contributed by atoms with Gasteiger partial charge in [-0.1, -0.05) is 0 Å². The van der Waals surface area contributed by atoms with Crippen molar-refractivity contribution in [2.45, 2.75) is 0 Å². The lowest BCUT2D eigenvalue weighted by Crippen LogP contribution is -1.92. The molecule has 0 saturated carbocycles. The van der Waals surface area contributed by atoms with Crippen molar-refractivity contribution in [1.82, 2.24) is 10.1 Å². The molecule has 2 heterocycles. The molecule has 0 fully saturated rings. The Morgan fingerprint density at radius 3 is 2.87 bits per heavy atom. The molecule has 1 aliphatic rings. The van der Waals surface area contributed by atoms with Gasteiger partial charge in [-0.15, -0.1) is 0 Å². The molecule has 0 spiro atoms. The average Bonchev–Trinajstić information content (AvgIpc) is 2.84. The van der Waals surface area contributed by atoms with E-state index in [4.69, 9.17) is 14.0 Å². The number of nitrogens with zero attached hydrogens (tertiary/aromatic N) is 2. The second-order valence-corrected chi connectivity index (χ2v) is 3.65. The minimum absolute atomic E-state index is 0.256. The van der Waals surface area contributed by atoms with Crippen molar-refractivity contribution in [3.8, 4) is 23.0 Å². The van der Waals surface area contributed by atoms with E-state index in [1.807, 2.05) is 18.2 Å². The molecule has 15 heavy (non-hydrogen) atoms.